The molecule has 28 heavy (non-hydrogen) atoms. The summed E-state index contributed by atoms with van der Waals surface area (Å²) < 4.78 is 0. The Bertz CT molecular complexity index is 616. The van der Waals surface area contributed by atoms with Gasteiger partial charge in [-0.2, -0.15) is 0 Å². The summed E-state index contributed by atoms with van der Waals surface area (Å²) in [7, 11) is 0. The molecule has 2 nitrogen and oxygen atoms in total. The largest absolute Gasteiger partial charge is 0.393 e. The molecular formula is C26H44O2. The van der Waals surface area contributed by atoms with E-state index in [0.717, 1.165) is 42.9 Å². The van der Waals surface area contributed by atoms with Gasteiger partial charge in [0.05, 0.1) is 11.7 Å². The molecule has 8 unspecified atom stereocenters. The van der Waals surface area contributed by atoms with Gasteiger partial charge in [0.15, 0.2) is 0 Å². The molecule has 0 saturated heterocycles. The number of allylic oxidation sites excluding steroid dienone is 1. The number of hydrogen-bond donors (Lipinski definition) is 2. The van der Waals surface area contributed by atoms with Gasteiger partial charge in [-0.3, -0.25) is 0 Å². The summed E-state index contributed by atoms with van der Waals surface area (Å²) in [6, 6.07) is 0. The SMILES string of the molecule is CC1C=C2CC(O)CCC2(C)C2CCC3(C)C(CCCC(C)(C)O)CCC3C12. The first kappa shape index (κ1) is 20.9. The lowest BCUT2D eigenvalue weighted by molar-refractivity contribution is -0.0679. The highest BCUT2D eigenvalue weighted by Crippen LogP contribution is 2.67. The van der Waals surface area contributed by atoms with E-state index in [4.69, 9.17) is 0 Å². The topological polar surface area (TPSA) is 40.5 Å². The molecule has 3 fully saturated rings. The Morgan fingerprint density at radius 2 is 1.82 bits per heavy atom. The molecule has 0 bridgehead atoms. The van der Waals surface area contributed by atoms with E-state index >= 15 is 0 Å². The Morgan fingerprint density at radius 3 is 2.54 bits per heavy atom. The van der Waals surface area contributed by atoms with Crippen LogP contribution < -0.4 is 0 Å². The molecule has 0 heterocycles. The predicted molar refractivity (Wildman–Crippen MR) is 116 cm³/mol. The summed E-state index contributed by atoms with van der Waals surface area (Å²) in [6.07, 6.45) is 14.6. The van der Waals surface area contributed by atoms with Crippen LogP contribution in [0.15, 0.2) is 11.6 Å². The average Bonchev–Trinajstić information content (AvgIpc) is 2.92. The van der Waals surface area contributed by atoms with Gasteiger partial charge >= 0.3 is 0 Å². The Hall–Kier alpha value is -0.340. The summed E-state index contributed by atoms with van der Waals surface area (Å²) >= 11 is 0. The van der Waals surface area contributed by atoms with Crippen molar-refractivity contribution in [3.05, 3.63) is 11.6 Å². The highest BCUT2D eigenvalue weighted by atomic mass is 16.3. The van der Waals surface area contributed by atoms with Gasteiger partial charge in [-0.05, 0) is 112 Å². The number of fused-ring (bicyclic) bond motifs is 5. The van der Waals surface area contributed by atoms with E-state index in [1.165, 1.54) is 44.9 Å². The van der Waals surface area contributed by atoms with Gasteiger partial charge in [-0.1, -0.05) is 38.8 Å². The molecule has 2 N–H and O–H groups in total. The normalized spacial score (nSPS) is 48.5. The quantitative estimate of drug-likeness (QED) is 0.570. The van der Waals surface area contributed by atoms with Crippen LogP contribution in [-0.4, -0.2) is 21.9 Å². The van der Waals surface area contributed by atoms with Crippen LogP contribution in [0.2, 0.25) is 0 Å². The van der Waals surface area contributed by atoms with Gasteiger partial charge in [-0.25, -0.2) is 0 Å². The first-order chi connectivity index (χ1) is 13.0. The molecular weight excluding hydrogens is 344 g/mol. The minimum atomic E-state index is -0.518. The third kappa shape index (κ3) is 3.41. The van der Waals surface area contributed by atoms with E-state index < -0.39 is 5.60 Å². The number of aliphatic hydroxyl groups is 2. The number of aliphatic hydroxyl groups excluding tert-OH is 1. The third-order valence-corrected chi connectivity index (χ3v) is 9.95. The maximum Gasteiger partial charge on any atom is 0.0591 e. The van der Waals surface area contributed by atoms with Crippen LogP contribution in [0.25, 0.3) is 0 Å². The summed E-state index contributed by atoms with van der Waals surface area (Å²) in [5.41, 5.74) is 1.92. The molecule has 0 aromatic heterocycles. The van der Waals surface area contributed by atoms with Crippen LogP contribution in [0, 0.1) is 40.4 Å². The van der Waals surface area contributed by atoms with Crippen LogP contribution >= 0.6 is 0 Å². The molecule has 4 rings (SSSR count). The first-order valence-corrected chi connectivity index (χ1v) is 12.2. The van der Waals surface area contributed by atoms with E-state index in [-0.39, 0.29) is 6.10 Å². The molecule has 4 aliphatic carbocycles. The fraction of sp³-hybridized carbons (Fsp3) is 0.923. The van der Waals surface area contributed by atoms with Crippen LogP contribution in [0.4, 0.5) is 0 Å². The minimum absolute atomic E-state index is 0.108. The smallest absolute Gasteiger partial charge is 0.0591 e. The van der Waals surface area contributed by atoms with Crippen molar-refractivity contribution < 1.29 is 10.2 Å². The molecule has 0 amide bonds. The zero-order valence-corrected chi connectivity index (χ0v) is 19.0. The van der Waals surface area contributed by atoms with Crippen LogP contribution in [0.3, 0.4) is 0 Å². The van der Waals surface area contributed by atoms with Gasteiger partial charge in [0.2, 0.25) is 0 Å². The summed E-state index contributed by atoms with van der Waals surface area (Å²) in [5.74, 6) is 4.04. The Kier molecular flexibility index (Phi) is 5.32. The van der Waals surface area contributed by atoms with Crippen molar-refractivity contribution in [2.45, 2.75) is 111 Å². The molecule has 0 radical (unpaired) electrons. The predicted octanol–water partition coefficient (Wildman–Crippen LogP) is 6.11. The second-order valence-electron chi connectivity index (χ2n) is 12.2. The summed E-state index contributed by atoms with van der Waals surface area (Å²) in [6.45, 7) is 11.5. The maximum atomic E-state index is 10.3. The second kappa shape index (κ2) is 7.12. The fourth-order valence-corrected chi connectivity index (χ4v) is 8.36. The highest BCUT2D eigenvalue weighted by molar-refractivity contribution is 5.26. The maximum absolute atomic E-state index is 10.3. The van der Waals surface area contributed by atoms with Gasteiger partial charge < -0.3 is 10.2 Å². The van der Waals surface area contributed by atoms with Gasteiger partial charge in [0.25, 0.3) is 0 Å². The highest BCUT2D eigenvalue weighted by Gasteiger charge is 2.59. The van der Waals surface area contributed by atoms with E-state index in [1.54, 1.807) is 5.57 Å². The standard InChI is InChI=1S/C26H44O2/c1-17-15-19-16-20(27)10-13-26(19,5)22-11-14-25(4)18(7-6-12-24(2,3)28)8-9-21(25)23(17)22/h15,17-18,20-23,27-28H,6-14,16H2,1-5H3. The lowest BCUT2D eigenvalue weighted by Gasteiger charge is -2.59. The molecule has 8 atom stereocenters. The van der Waals surface area contributed by atoms with Crippen molar-refractivity contribution in [1.29, 1.82) is 0 Å². The van der Waals surface area contributed by atoms with E-state index in [1.807, 2.05) is 13.8 Å². The number of hydrogen-bond acceptors (Lipinski definition) is 2. The zero-order valence-electron chi connectivity index (χ0n) is 19.0. The Morgan fingerprint density at radius 1 is 1.07 bits per heavy atom. The molecule has 0 spiro atoms. The molecule has 2 heteroatoms. The third-order valence-electron chi connectivity index (χ3n) is 9.95. The van der Waals surface area contributed by atoms with Crippen molar-refractivity contribution in [2.75, 3.05) is 0 Å². The fourth-order valence-electron chi connectivity index (χ4n) is 8.36. The van der Waals surface area contributed by atoms with Crippen LogP contribution in [0.1, 0.15) is 98.8 Å². The lowest BCUT2D eigenvalue weighted by Crippen LogP contribution is -2.52. The molecule has 0 aliphatic heterocycles. The van der Waals surface area contributed by atoms with Crippen LogP contribution in [-0.2, 0) is 0 Å². The summed E-state index contributed by atoms with van der Waals surface area (Å²) in [5, 5.41) is 20.4. The van der Waals surface area contributed by atoms with Gasteiger partial charge in [0.1, 0.15) is 0 Å². The minimum Gasteiger partial charge on any atom is -0.393 e. The molecule has 0 aromatic rings. The van der Waals surface area contributed by atoms with Crippen LogP contribution in [0.5, 0.6) is 0 Å². The second-order valence-corrected chi connectivity index (χ2v) is 12.2. The van der Waals surface area contributed by atoms with Crippen molar-refractivity contribution in [3.8, 4) is 0 Å². The van der Waals surface area contributed by atoms with Gasteiger partial charge in [0, 0.05) is 0 Å². The molecule has 3 saturated carbocycles. The van der Waals surface area contributed by atoms with E-state index in [9.17, 15) is 10.2 Å². The first-order valence-electron chi connectivity index (χ1n) is 12.2. The molecule has 4 aliphatic rings. The lowest BCUT2D eigenvalue weighted by atomic mass is 9.45. The Labute approximate surface area is 173 Å². The van der Waals surface area contributed by atoms with Gasteiger partial charge in [-0.15, -0.1) is 0 Å². The molecule has 160 valence electrons. The monoisotopic (exact) mass is 388 g/mol. The molecule has 0 aromatic carbocycles. The summed E-state index contributed by atoms with van der Waals surface area (Å²) in [4.78, 5) is 0. The van der Waals surface area contributed by atoms with E-state index in [0.29, 0.717) is 16.7 Å². The number of rotatable bonds is 4. The van der Waals surface area contributed by atoms with Crippen molar-refractivity contribution in [3.63, 3.8) is 0 Å². The Balaban J connectivity index is 1.53. The van der Waals surface area contributed by atoms with Crippen molar-refractivity contribution in [1.82, 2.24) is 0 Å². The average molecular weight is 389 g/mol. The van der Waals surface area contributed by atoms with Crippen molar-refractivity contribution >= 4 is 0 Å². The van der Waals surface area contributed by atoms with E-state index in [2.05, 4.69) is 26.8 Å². The van der Waals surface area contributed by atoms with Crippen molar-refractivity contribution in [2.24, 2.45) is 40.4 Å². The zero-order chi connectivity index (χ0) is 20.3.